The first-order chi connectivity index (χ1) is 12.3. The second-order valence-electron chi connectivity index (χ2n) is 5.26. The second-order valence-corrected chi connectivity index (χ2v) is 9.86. The first-order valence-electron chi connectivity index (χ1n) is 7.12. The number of hydrogen-bond donors (Lipinski definition) is 0. The van der Waals surface area contributed by atoms with Crippen LogP contribution >= 0.6 is 77.5 Å². The SMILES string of the molecule is Fc1ccc(P(c2cc(Cl)c(Cl)c(Cl)c2)c2cc(Cl)c(Cl)c(Cl)c2)cc1. The van der Waals surface area contributed by atoms with Crippen LogP contribution in [0.2, 0.25) is 30.1 Å². The minimum Gasteiger partial charge on any atom is -0.207 e. The van der Waals surface area contributed by atoms with E-state index in [1.54, 1.807) is 36.4 Å². The van der Waals surface area contributed by atoms with Crippen molar-refractivity contribution in [1.82, 2.24) is 0 Å². The fourth-order valence-corrected chi connectivity index (χ4v) is 6.25. The van der Waals surface area contributed by atoms with Crippen molar-refractivity contribution in [1.29, 1.82) is 0 Å². The van der Waals surface area contributed by atoms with Crippen LogP contribution in [0.3, 0.4) is 0 Å². The molecule has 3 aromatic rings. The molecular weight excluding hydrogens is 479 g/mol. The standard InChI is InChI=1S/C18H8Cl6FP/c19-13-5-11(6-14(20)17(13)23)26(10-3-1-9(25)2-4-10)12-7-15(21)18(24)16(22)8-12/h1-8H. The summed E-state index contributed by atoms with van der Waals surface area (Å²) in [5.41, 5.74) is 0. The van der Waals surface area contributed by atoms with Gasteiger partial charge in [-0.15, -0.1) is 0 Å². The van der Waals surface area contributed by atoms with E-state index in [2.05, 4.69) is 0 Å². The van der Waals surface area contributed by atoms with Gasteiger partial charge in [-0.25, -0.2) is 4.39 Å². The normalized spacial score (nSPS) is 11.2. The van der Waals surface area contributed by atoms with Crippen molar-refractivity contribution in [2.75, 3.05) is 0 Å². The Morgan fingerprint density at radius 3 is 1.23 bits per heavy atom. The van der Waals surface area contributed by atoms with Crippen LogP contribution in [-0.2, 0) is 0 Å². The molecule has 0 radical (unpaired) electrons. The third-order valence-corrected chi connectivity index (χ3v) is 8.30. The molecule has 0 aliphatic rings. The first-order valence-corrected chi connectivity index (χ1v) is 10.7. The summed E-state index contributed by atoms with van der Waals surface area (Å²) in [6.07, 6.45) is 0. The summed E-state index contributed by atoms with van der Waals surface area (Å²) >= 11 is 37.0. The van der Waals surface area contributed by atoms with E-state index in [-0.39, 0.29) is 15.9 Å². The Morgan fingerprint density at radius 2 is 0.885 bits per heavy atom. The Balaban J connectivity index is 2.25. The molecule has 0 saturated carbocycles. The molecule has 134 valence electrons. The molecule has 0 aromatic heterocycles. The van der Waals surface area contributed by atoms with Crippen LogP contribution in [0.15, 0.2) is 48.5 Å². The lowest BCUT2D eigenvalue weighted by Crippen LogP contribution is -2.21. The number of hydrogen-bond acceptors (Lipinski definition) is 0. The Morgan fingerprint density at radius 1 is 0.538 bits per heavy atom. The molecule has 26 heavy (non-hydrogen) atoms. The molecular formula is C18H8Cl6FP. The second kappa shape index (κ2) is 8.41. The first kappa shape index (κ1) is 20.5. The van der Waals surface area contributed by atoms with Gasteiger partial charge in [-0.05, 0) is 60.2 Å². The maximum absolute atomic E-state index is 13.4. The van der Waals surface area contributed by atoms with Gasteiger partial charge in [0.05, 0.1) is 30.1 Å². The molecule has 0 fully saturated rings. The maximum atomic E-state index is 13.4. The molecule has 0 spiro atoms. The summed E-state index contributed by atoms with van der Waals surface area (Å²) in [7, 11) is -1.17. The molecule has 0 saturated heterocycles. The Labute approximate surface area is 181 Å². The summed E-state index contributed by atoms with van der Waals surface area (Å²) in [5, 5.41) is 4.37. The van der Waals surface area contributed by atoms with E-state index in [0.717, 1.165) is 15.9 Å². The summed E-state index contributed by atoms with van der Waals surface area (Å²) in [6, 6.07) is 13.1. The molecule has 8 heteroatoms. The zero-order valence-electron chi connectivity index (χ0n) is 12.7. The van der Waals surface area contributed by atoms with E-state index in [1.807, 2.05) is 0 Å². The number of benzene rings is 3. The van der Waals surface area contributed by atoms with Crippen molar-refractivity contribution in [2.24, 2.45) is 0 Å². The van der Waals surface area contributed by atoms with E-state index in [9.17, 15) is 4.39 Å². The van der Waals surface area contributed by atoms with Crippen LogP contribution in [0.1, 0.15) is 0 Å². The number of rotatable bonds is 3. The summed E-state index contributed by atoms with van der Waals surface area (Å²) in [5.74, 6) is -0.331. The van der Waals surface area contributed by atoms with E-state index in [4.69, 9.17) is 69.6 Å². The summed E-state index contributed by atoms with van der Waals surface area (Å²) in [4.78, 5) is 0. The highest BCUT2D eigenvalue weighted by Crippen LogP contribution is 2.40. The third kappa shape index (κ3) is 4.26. The van der Waals surface area contributed by atoms with Crippen LogP contribution in [0, 0.1) is 5.82 Å². The average molecular weight is 487 g/mol. The molecule has 0 nitrogen and oxygen atoms in total. The van der Waals surface area contributed by atoms with Crippen LogP contribution in [-0.4, -0.2) is 0 Å². The average Bonchev–Trinajstić information content (AvgIpc) is 2.59. The lowest BCUT2D eigenvalue weighted by atomic mass is 10.3. The lowest BCUT2D eigenvalue weighted by molar-refractivity contribution is 0.628. The molecule has 0 amide bonds. The van der Waals surface area contributed by atoms with Gasteiger partial charge in [0.15, 0.2) is 0 Å². The van der Waals surface area contributed by atoms with Crippen molar-refractivity contribution in [3.05, 3.63) is 84.5 Å². The molecule has 0 aliphatic heterocycles. The number of halogens is 7. The lowest BCUT2D eigenvalue weighted by Gasteiger charge is -2.21. The van der Waals surface area contributed by atoms with Crippen molar-refractivity contribution < 1.29 is 4.39 Å². The zero-order valence-corrected chi connectivity index (χ0v) is 18.1. The van der Waals surface area contributed by atoms with Crippen molar-refractivity contribution in [3.63, 3.8) is 0 Å². The van der Waals surface area contributed by atoms with Gasteiger partial charge >= 0.3 is 0 Å². The Bertz CT molecular complexity index is 870. The fraction of sp³-hybridized carbons (Fsp3) is 0. The van der Waals surface area contributed by atoms with E-state index < -0.39 is 7.92 Å². The fourth-order valence-electron chi connectivity index (χ4n) is 2.38. The predicted molar refractivity (Wildman–Crippen MR) is 115 cm³/mol. The maximum Gasteiger partial charge on any atom is 0.123 e. The van der Waals surface area contributed by atoms with Crippen LogP contribution in [0.25, 0.3) is 0 Å². The highest BCUT2D eigenvalue weighted by Gasteiger charge is 2.21. The molecule has 0 aliphatic carbocycles. The van der Waals surface area contributed by atoms with E-state index >= 15 is 0 Å². The molecule has 3 aromatic carbocycles. The predicted octanol–water partition coefficient (Wildman–Crippen LogP) is 7.50. The van der Waals surface area contributed by atoms with Crippen LogP contribution < -0.4 is 15.9 Å². The van der Waals surface area contributed by atoms with Crippen molar-refractivity contribution in [2.45, 2.75) is 0 Å². The highest BCUT2D eigenvalue weighted by molar-refractivity contribution is 7.79. The minimum absolute atomic E-state index is 0.276. The van der Waals surface area contributed by atoms with Gasteiger partial charge in [0.25, 0.3) is 0 Å². The van der Waals surface area contributed by atoms with Gasteiger partial charge in [0.2, 0.25) is 0 Å². The largest absolute Gasteiger partial charge is 0.207 e. The summed E-state index contributed by atoms with van der Waals surface area (Å²) < 4.78 is 13.4. The Hall–Kier alpha value is -0.240. The van der Waals surface area contributed by atoms with Gasteiger partial charge in [0, 0.05) is 0 Å². The third-order valence-electron chi connectivity index (χ3n) is 3.54. The van der Waals surface area contributed by atoms with Crippen molar-refractivity contribution in [3.8, 4) is 0 Å². The smallest absolute Gasteiger partial charge is 0.123 e. The van der Waals surface area contributed by atoms with Gasteiger partial charge in [-0.1, -0.05) is 81.7 Å². The van der Waals surface area contributed by atoms with Gasteiger partial charge in [0.1, 0.15) is 5.82 Å². The molecule has 0 unspecified atom stereocenters. The minimum atomic E-state index is -1.17. The molecule has 0 N–H and O–H groups in total. The molecule has 3 rings (SSSR count). The van der Waals surface area contributed by atoms with Crippen LogP contribution in [0.5, 0.6) is 0 Å². The van der Waals surface area contributed by atoms with Gasteiger partial charge in [-0.3, -0.25) is 0 Å². The van der Waals surface area contributed by atoms with Crippen molar-refractivity contribution >= 4 is 93.4 Å². The molecule has 0 heterocycles. The zero-order chi connectivity index (χ0) is 19.0. The van der Waals surface area contributed by atoms with Gasteiger partial charge < -0.3 is 0 Å². The quantitative estimate of drug-likeness (QED) is 0.265. The van der Waals surface area contributed by atoms with Gasteiger partial charge in [-0.2, -0.15) is 0 Å². The monoisotopic (exact) mass is 484 g/mol. The topological polar surface area (TPSA) is 0 Å². The highest BCUT2D eigenvalue weighted by atomic mass is 35.5. The molecule has 0 atom stereocenters. The van der Waals surface area contributed by atoms with Crippen LogP contribution in [0.4, 0.5) is 4.39 Å². The summed E-state index contributed by atoms with van der Waals surface area (Å²) in [6.45, 7) is 0. The Kier molecular flexibility index (Phi) is 6.63. The molecule has 0 bridgehead atoms. The van der Waals surface area contributed by atoms with E-state index in [1.165, 1.54) is 12.1 Å². The van der Waals surface area contributed by atoms with E-state index in [0.29, 0.717) is 20.1 Å².